The SMILES string of the molecule is Clc1nc2ccc(Br)cc2cc1-c1nc2ccccc2s1. The van der Waals surface area contributed by atoms with Gasteiger partial charge in [0.05, 0.1) is 15.7 Å². The van der Waals surface area contributed by atoms with Gasteiger partial charge in [0.1, 0.15) is 10.2 Å². The Hall–Kier alpha value is -1.49. The molecule has 21 heavy (non-hydrogen) atoms. The second-order valence-electron chi connectivity index (χ2n) is 4.65. The first-order chi connectivity index (χ1) is 10.2. The highest BCUT2D eigenvalue weighted by Crippen LogP contribution is 2.35. The lowest BCUT2D eigenvalue weighted by atomic mass is 10.1. The normalized spacial score (nSPS) is 11.3. The van der Waals surface area contributed by atoms with Gasteiger partial charge in [0, 0.05) is 15.4 Å². The summed E-state index contributed by atoms with van der Waals surface area (Å²) in [4.78, 5) is 9.13. The molecule has 0 N–H and O–H groups in total. The number of nitrogens with zero attached hydrogens (tertiary/aromatic N) is 2. The Morgan fingerprint density at radius 1 is 0.952 bits per heavy atom. The average molecular weight is 376 g/mol. The largest absolute Gasteiger partial charge is 0.236 e. The zero-order chi connectivity index (χ0) is 14.4. The van der Waals surface area contributed by atoms with Crippen LogP contribution in [0.4, 0.5) is 0 Å². The van der Waals surface area contributed by atoms with Crippen molar-refractivity contribution >= 4 is 60.0 Å². The molecule has 0 aliphatic heterocycles. The maximum absolute atomic E-state index is 6.35. The minimum Gasteiger partial charge on any atom is -0.236 e. The predicted octanol–water partition coefficient (Wildman–Crippen LogP) is 5.93. The predicted molar refractivity (Wildman–Crippen MR) is 93.1 cm³/mol. The Labute approximate surface area is 138 Å². The maximum atomic E-state index is 6.35. The first kappa shape index (κ1) is 13.2. The molecule has 5 heteroatoms. The van der Waals surface area contributed by atoms with Crippen molar-refractivity contribution in [2.75, 3.05) is 0 Å². The monoisotopic (exact) mass is 374 g/mol. The molecule has 2 nitrogen and oxygen atoms in total. The van der Waals surface area contributed by atoms with E-state index in [1.54, 1.807) is 11.3 Å². The highest BCUT2D eigenvalue weighted by Gasteiger charge is 2.12. The van der Waals surface area contributed by atoms with E-state index >= 15 is 0 Å². The minimum atomic E-state index is 0.490. The van der Waals surface area contributed by atoms with Gasteiger partial charge in [0.15, 0.2) is 0 Å². The second-order valence-corrected chi connectivity index (χ2v) is 6.95. The first-order valence-electron chi connectivity index (χ1n) is 6.32. The van der Waals surface area contributed by atoms with Gasteiger partial charge in [-0.3, -0.25) is 0 Å². The van der Waals surface area contributed by atoms with Crippen molar-refractivity contribution in [1.29, 1.82) is 0 Å². The van der Waals surface area contributed by atoms with Crippen LogP contribution in [0, 0.1) is 0 Å². The van der Waals surface area contributed by atoms with Crippen molar-refractivity contribution in [1.82, 2.24) is 9.97 Å². The molecule has 0 bridgehead atoms. The molecule has 0 atom stereocenters. The van der Waals surface area contributed by atoms with E-state index in [1.807, 2.05) is 42.5 Å². The number of fused-ring (bicyclic) bond motifs is 2. The number of rotatable bonds is 1. The molecule has 0 radical (unpaired) electrons. The van der Waals surface area contributed by atoms with Crippen LogP contribution in [0.5, 0.6) is 0 Å². The number of thiazole rings is 1. The molecule has 0 aliphatic rings. The van der Waals surface area contributed by atoms with E-state index < -0.39 is 0 Å². The van der Waals surface area contributed by atoms with Crippen LogP contribution in [-0.4, -0.2) is 9.97 Å². The van der Waals surface area contributed by atoms with Gasteiger partial charge in [-0.1, -0.05) is 39.7 Å². The smallest absolute Gasteiger partial charge is 0.140 e. The zero-order valence-electron chi connectivity index (χ0n) is 10.7. The van der Waals surface area contributed by atoms with E-state index in [0.717, 1.165) is 36.2 Å². The number of pyridine rings is 1. The third kappa shape index (κ3) is 2.33. The van der Waals surface area contributed by atoms with E-state index in [2.05, 4.69) is 32.0 Å². The highest BCUT2D eigenvalue weighted by molar-refractivity contribution is 9.10. The average Bonchev–Trinajstić information content (AvgIpc) is 2.90. The molecule has 0 amide bonds. The zero-order valence-corrected chi connectivity index (χ0v) is 13.8. The van der Waals surface area contributed by atoms with E-state index in [4.69, 9.17) is 11.6 Å². The molecule has 0 aliphatic carbocycles. The van der Waals surface area contributed by atoms with Gasteiger partial charge in [-0.2, -0.15) is 0 Å². The number of hydrogen-bond acceptors (Lipinski definition) is 3. The fourth-order valence-electron chi connectivity index (χ4n) is 2.26. The number of hydrogen-bond donors (Lipinski definition) is 0. The van der Waals surface area contributed by atoms with Gasteiger partial charge >= 0.3 is 0 Å². The van der Waals surface area contributed by atoms with Gasteiger partial charge in [0.2, 0.25) is 0 Å². The van der Waals surface area contributed by atoms with Crippen molar-refractivity contribution in [2.24, 2.45) is 0 Å². The van der Waals surface area contributed by atoms with Gasteiger partial charge in [-0.15, -0.1) is 11.3 Å². The molecule has 102 valence electrons. The van der Waals surface area contributed by atoms with Crippen LogP contribution < -0.4 is 0 Å². The fourth-order valence-corrected chi connectivity index (χ4v) is 3.91. The van der Waals surface area contributed by atoms with Gasteiger partial charge in [-0.05, 0) is 36.4 Å². The molecule has 0 saturated heterocycles. The Bertz CT molecular complexity index is 948. The van der Waals surface area contributed by atoms with Crippen molar-refractivity contribution in [3.63, 3.8) is 0 Å². The van der Waals surface area contributed by atoms with Crippen LogP contribution in [0.2, 0.25) is 5.15 Å². The molecule has 0 unspecified atom stereocenters. The van der Waals surface area contributed by atoms with Gasteiger partial charge < -0.3 is 0 Å². The molecule has 2 aromatic heterocycles. The Morgan fingerprint density at radius 2 is 1.81 bits per heavy atom. The summed E-state index contributed by atoms with van der Waals surface area (Å²) in [6.07, 6.45) is 0. The summed E-state index contributed by atoms with van der Waals surface area (Å²) < 4.78 is 2.17. The summed E-state index contributed by atoms with van der Waals surface area (Å²) in [5.74, 6) is 0. The van der Waals surface area contributed by atoms with E-state index in [9.17, 15) is 0 Å². The van der Waals surface area contributed by atoms with Crippen LogP contribution in [0.3, 0.4) is 0 Å². The number of halogens is 2. The van der Waals surface area contributed by atoms with Crippen LogP contribution in [-0.2, 0) is 0 Å². The maximum Gasteiger partial charge on any atom is 0.140 e. The summed E-state index contributed by atoms with van der Waals surface area (Å²) >= 11 is 11.5. The fraction of sp³-hybridized carbons (Fsp3) is 0. The summed E-state index contributed by atoms with van der Waals surface area (Å²) in [5, 5.41) is 2.43. The quantitative estimate of drug-likeness (QED) is 0.385. The lowest BCUT2D eigenvalue weighted by Gasteiger charge is -2.03. The molecule has 2 aromatic carbocycles. The van der Waals surface area contributed by atoms with Crippen molar-refractivity contribution in [3.05, 3.63) is 58.2 Å². The molecular formula is C16H8BrClN2S. The lowest BCUT2D eigenvalue weighted by Crippen LogP contribution is -1.85. The van der Waals surface area contributed by atoms with E-state index in [-0.39, 0.29) is 0 Å². The molecule has 0 spiro atoms. The Balaban J connectivity index is 1.98. The summed E-state index contributed by atoms with van der Waals surface area (Å²) in [6.45, 7) is 0. The third-order valence-electron chi connectivity index (χ3n) is 3.25. The Morgan fingerprint density at radius 3 is 2.67 bits per heavy atom. The molecule has 2 heterocycles. The standard InChI is InChI=1S/C16H8BrClN2S/c17-10-5-6-12-9(7-10)8-11(15(18)19-12)16-20-13-3-1-2-4-14(13)21-16/h1-8H. The van der Waals surface area contributed by atoms with E-state index in [1.165, 1.54) is 0 Å². The lowest BCUT2D eigenvalue weighted by molar-refractivity contribution is 1.38. The first-order valence-corrected chi connectivity index (χ1v) is 8.31. The number of para-hydroxylation sites is 1. The number of aromatic nitrogens is 2. The third-order valence-corrected chi connectivity index (χ3v) is 5.11. The van der Waals surface area contributed by atoms with Gasteiger partial charge in [0.25, 0.3) is 0 Å². The van der Waals surface area contributed by atoms with Crippen LogP contribution >= 0.6 is 38.9 Å². The second kappa shape index (κ2) is 5.05. The molecular weight excluding hydrogens is 368 g/mol. The molecule has 4 aromatic rings. The molecule has 4 rings (SSSR count). The molecule has 0 fully saturated rings. The summed E-state index contributed by atoms with van der Waals surface area (Å²) in [5.41, 5.74) is 2.75. The van der Waals surface area contributed by atoms with Crippen molar-refractivity contribution in [2.45, 2.75) is 0 Å². The topological polar surface area (TPSA) is 25.8 Å². The van der Waals surface area contributed by atoms with Crippen molar-refractivity contribution in [3.8, 4) is 10.6 Å². The Kier molecular flexibility index (Phi) is 3.17. The van der Waals surface area contributed by atoms with E-state index in [0.29, 0.717) is 5.15 Å². The van der Waals surface area contributed by atoms with Gasteiger partial charge in [-0.25, -0.2) is 9.97 Å². The highest BCUT2D eigenvalue weighted by atomic mass is 79.9. The van der Waals surface area contributed by atoms with Crippen LogP contribution in [0.25, 0.3) is 31.7 Å². The minimum absolute atomic E-state index is 0.490. The molecule has 0 saturated carbocycles. The van der Waals surface area contributed by atoms with Crippen LogP contribution in [0.15, 0.2) is 53.0 Å². The number of benzene rings is 2. The van der Waals surface area contributed by atoms with Crippen molar-refractivity contribution < 1.29 is 0 Å². The van der Waals surface area contributed by atoms with Crippen LogP contribution in [0.1, 0.15) is 0 Å². The summed E-state index contributed by atoms with van der Waals surface area (Å²) in [6, 6.07) is 16.1. The summed E-state index contributed by atoms with van der Waals surface area (Å²) in [7, 11) is 0.